The first-order valence-electron chi connectivity index (χ1n) is 8.29. The summed E-state index contributed by atoms with van der Waals surface area (Å²) in [6, 6.07) is -0.158. The van der Waals surface area contributed by atoms with Crippen molar-refractivity contribution < 1.29 is 9.59 Å². The monoisotopic (exact) mass is 294 g/mol. The number of piperazine rings is 1. The molecule has 2 fully saturated rings. The summed E-state index contributed by atoms with van der Waals surface area (Å²) in [6.45, 7) is 12.3. The van der Waals surface area contributed by atoms with E-state index in [9.17, 15) is 9.59 Å². The number of nitrogens with one attached hydrogen (secondary N) is 1. The highest BCUT2D eigenvalue weighted by Gasteiger charge is 2.53. The smallest absolute Gasteiger partial charge is 0.248 e. The van der Waals surface area contributed by atoms with E-state index in [1.165, 1.54) is 0 Å². The van der Waals surface area contributed by atoms with E-state index >= 15 is 0 Å². The summed E-state index contributed by atoms with van der Waals surface area (Å²) in [7, 11) is 0. The van der Waals surface area contributed by atoms with Crippen molar-refractivity contribution in [1.29, 1.82) is 0 Å². The van der Waals surface area contributed by atoms with E-state index in [2.05, 4.69) is 19.2 Å². The molecule has 0 spiro atoms. The van der Waals surface area contributed by atoms with Crippen molar-refractivity contribution in [2.45, 2.75) is 84.8 Å². The standard InChI is InChI=1S/C17H30N2O2/c1-7-17(6)15(21)19(12-9-8-10-16(12,4)5)13(11(2)3)14(20)18-17/h11-13H,7-10H2,1-6H3,(H,18,20). The van der Waals surface area contributed by atoms with Crippen LogP contribution in [-0.4, -0.2) is 34.3 Å². The minimum Gasteiger partial charge on any atom is -0.340 e. The third-order valence-corrected chi connectivity index (χ3v) is 5.55. The molecule has 4 nitrogen and oxygen atoms in total. The second-order valence-corrected chi connectivity index (χ2v) is 7.97. The number of amides is 2. The molecular weight excluding hydrogens is 264 g/mol. The molecule has 0 aromatic rings. The molecule has 0 bridgehead atoms. The van der Waals surface area contributed by atoms with Crippen molar-refractivity contribution >= 4 is 11.8 Å². The average molecular weight is 294 g/mol. The minimum atomic E-state index is -0.749. The molecule has 1 aliphatic heterocycles. The van der Waals surface area contributed by atoms with Gasteiger partial charge in [-0.05, 0) is 37.5 Å². The summed E-state index contributed by atoms with van der Waals surface area (Å²) in [4.78, 5) is 27.7. The van der Waals surface area contributed by atoms with Gasteiger partial charge in [-0.25, -0.2) is 0 Å². The Hall–Kier alpha value is -1.06. The molecule has 120 valence electrons. The van der Waals surface area contributed by atoms with Gasteiger partial charge in [0.15, 0.2) is 0 Å². The molecule has 4 heteroatoms. The Bertz CT molecular complexity index is 444. The molecule has 21 heavy (non-hydrogen) atoms. The van der Waals surface area contributed by atoms with Gasteiger partial charge in [0.1, 0.15) is 11.6 Å². The van der Waals surface area contributed by atoms with E-state index in [0.717, 1.165) is 19.3 Å². The van der Waals surface area contributed by atoms with Crippen molar-refractivity contribution in [2.24, 2.45) is 11.3 Å². The van der Waals surface area contributed by atoms with Gasteiger partial charge in [-0.1, -0.05) is 41.0 Å². The summed E-state index contributed by atoms with van der Waals surface area (Å²) in [6.07, 6.45) is 3.90. The zero-order valence-corrected chi connectivity index (χ0v) is 14.3. The Balaban J connectivity index is 2.44. The number of nitrogens with zero attached hydrogens (tertiary/aromatic N) is 1. The molecule has 0 aromatic carbocycles. The Morgan fingerprint density at radius 1 is 1.29 bits per heavy atom. The summed E-state index contributed by atoms with van der Waals surface area (Å²) < 4.78 is 0. The van der Waals surface area contributed by atoms with Crippen molar-refractivity contribution in [1.82, 2.24) is 10.2 Å². The summed E-state index contributed by atoms with van der Waals surface area (Å²) in [5.74, 6) is 0.242. The fraction of sp³-hybridized carbons (Fsp3) is 0.882. The topological polar surface area (TPSA) is 49.4 Å². The van der Waals surface area contributed by atoms with Gasteiger partial charge in [0.25, 0.3) is 0 Å². The van der Waals surface area contributed by atoms with E-state index in [1.807, 2.05) is 32.6 Å². The molecule has 2 rings (SSSR count). The van der Waals surface area contributed by atoms with Gasteiger partial charge >= 0.3 is 0 Å². The van der Waals surface area contributed by atoms with E-state index < -0.39 is 5.54 Å². The highest BCUT2D eigenvalue weighted by molar-refractivity contribution is 6.00. The maximum atomic E-state index is 13.1. The fourth-order valence-electron chi connectivity index (χ4n) is 3.96. The lowest BCUT2D eigenvalue weighted by Crippen LogP contribution is -2.72. The van der Waals surface area contributed by atoms with Gasteiger partial charge in [0, 0.05) is 6.04 Å². The molecule has 0 aromatic heterocycles. The first-order valence-corrected chi connectivity index (χ1v) is 8.29. The van der Waals surface area contributed by atoms with Crippen LogP contribution in [0.3, 0.4) is 0 Å². The Kier molecular flexibility index (Phi) is 4.11. The number of hydrogen-bond acceptors (Lipinski definition) is 2. The van der Waals surface area contributed by atoms with Crippen LogP contribution >= 0.6 is 0 Å². The quantitative estimate of drug-likeness (QED) is 0.870. The van der Waals surface area contributed by atoms with Crippen LogP contribution in [0.2, 0.25) is 0 Å². The molecule has 1 saturated carbocycles. The predicted molar refractivity (Wildman–Crippen MR) is 83.7 cm³/mol. The second kappa shape index (κ2) is 5.29. The third-order valence-electron chi connectivity index (χ3n) is 5.55. The largest absolute Gasteiger partial charge is 0.340 e. The Morgan fingerprint density at radius 2 is 1.90 bits per heavy atom. The minimum absolute atomic E-state index is 0.0108. The second-order valence-electron chi connectivity index (χ2n) is 7.97. The van der Waals surface area contributed by atoms with Crippen LogP contribution in [0.25, 0.3) is 0 Å². The lowest BCUT2D eigenvalue weighted by molar-refractivity contribution is -0.161. The van der Waals surface area contributed by atoms with Gasteiger partial charge in [0.2, 0.25) is 11.8 Å². The van der Waals surface area contributed by atoms with E-state index in [0.29, 0.717) is 6.42 Å². The molecule has 1 heterocycles. The van der Waals surface area contributed by atoms with Crippen LogP contribution in [0.5, 0.6) is 0 Å². The normalized spacial score (nSPS) is 36.2. The molecular formula is C17H30N2O2. The number of rotatable bonds is 3. The van der Waals surface area contributed by atoms with E-state index in [4.69, 9.17) is 0 Å². The lowest BCUT2D eigenvalue weighted by Gasteiger charge is -2.50. The van der Waals surface area contributed by atoms with Crippen molar-refractivity contribution in [2.75, 3.05) is 0 Å². The number of carbonyl (C=O) groups excluding carboxylic acids is 2. The SMILES string of the molecule is CCC1(C)NC(=O)C(C(C)C)N(C2CCCC2(C)C)C1=O. The van der Waals surface area contributed by atoms with Crippen molar-refractivity contribution in [3.05, 3.63) is 0 Å². The van der Waals surface area contributed by atoms with Crippen LogP contribution < -0.4 is 5.32 Å². The van der Waals surface area contributed by atoms with Crippen LogP contribution in [0.15, 0.2) is 0 Å². The molecule has 3 unspecified atom stereocenters. The maximum absolute atomic E-state index is 13.1. The average Bonchev–Trinajstić information content (AvgIpc) is 2.72. The fourth-order valence-corrected chi connectivity index (χ4v) is 3.96. The zero-order chi connectivity index (χ0) is 16.0. The van der Waals surface area contributed by atoms with Gasteiger partial charge in [-0.3, -0.25) is 9.59 Å². The van der Waals surface area contributed by atoms with E-state index in [1.54, 1.807) is 0 Å². The Morgan fingerprint density at radius 3 is 2.33 bits per heavy atom. The van der Waals surface area contributed by atoms with Gasteiger partial charge in [-0.2, -0.15) is 0 Å². The first kappa shape index (κ1) is 16.3. The van der Waals surface area contributed by atoms with Crippen LogP contribution in [0, 0.1) is 11.3 Å². The van der Waals surface area contributed by atoms with E-state index in [-0.39, 0.29) is 35.2 Å². The Labute approximate surface area is 128 Å². The molecule has 0 radical (unpaired) electrons. The number of hydrogen-bond donors (Lipinski definition) is 1. The molecule has 2 amide bonds. The summed E-state index contributed by atoms with van der Waals surface area (Å²) in [5.41, 5.74) is -0.657. The first-order chi connectivity index (χ1) is 9.64. The molecule has 3 atom stereocenters. The molecule has 1 saturated heterocycles. The lowest BCUT2D eigenvalue weighted by atomic mass is 9.81. The zero-order valence-electron chi connectivity index (χ0n) is 14.3. The van der Waals surface area contributed by atoms with Crippen LogP contribution in [-0.2, 0) is 9.59 Å². The van der Waals surface area contributed by atoms with Crippen molar-refractivity contribution in [3.63, 3.8) is 0 Å². The molecule has 2 aliphatic rings. The van der Waals surface area contributed by atoms with Crippen LogP contribution in [0.4, 0.5) is 0 Å². The maximum Gasteiger partial charge on any atom is 0.248 e. The molecule has 1 aliphatic carbocycles. The summed E-state index contributed by atoms with van der Waals surface area (Å²) in [5, 5.41) is 2.97. The summed E-state index contributed by atoms with van der Waals surface area (Å²) >= 11 is 0. The van der Waals surface area contributed by atoms with Crippen LogP contribution in [0.1, 0.15) is 67.2 Å². The molecule has 1 N–H and O–H groups in total. The van der Waals surface area contributed by atoms with Gasteiger partial charge in [-0.15, -0.1) is 0 Å². The predicted octanol–water partition coefficient (Wildman–Crippen LogP) is 2.72. The number of carbonyl (C=O) groups is 2. The van der Waals surface area contributed by atoms with Crippen molar-refractivity contribution in [3.8, 4) is 0 Å². The highest BCUT2D eigenvalue weighted by atomic mass is 16.2. The third kappa shape index (κ3) is 2.58. The highest BCUT2D eigenvalue weighted by Crippen LogP contribution is 2.43. The van der Waals surface area contributed by atoms with Gasteiger partial charge in [0.05, 0.1) is 0 Å². The van der Waals surface area contributed by atoms with Gasteiger partial charge < -0.3 is 10.2 Å².